The zero-order chi connectivity index (χ0) is 10.8. The van der Waals surface area contributed by atoms with E-state index in [0.717, 1.165) is 36.7 Å². The molecule has 1 aromatic heterocycles. The molecule has 0 atom stereocenters. The van der Waals surface area contributed by atoms with Gasteiger partial charge in [0.1, 0.15) is 0 Å². The van der Waals surface area contributed by atoms with E-state index < -0.39 is 0 Å². The van der Waals surface area contributed by atoms with Gasteiger partial charge in [-0.15, -0.1) is 0 Å². The van der Waals surface area contributed by atoms with Gasteiger partial charge in [-0.3, -0.25) is 0 Å². The van der Waals surface area contributed by atoms with Crippen LogP contribution in [0.3, 0.4) is 0 Å². The standard InChI is InChI=1S/C11H18N4/c1-7-3-8(2)15-11(14-7)13-6-9-4-10(12)5-9/h3,9-10H,4-6,12H2,1-2H3,(H,13,14,15). The number of nitrogens with one attached hydrogen (secondary N) is 1. The highest BCUT2D eigenvalue weighted by molar-refractivity contribution is 5.27. The molecular formula is C11H18N4. The lowest BCUT2D eigenvalue weighted by molar-refractivity contribution is 0.279. The van der Waals surface area contributed by atoms with Gasteiger partial charge in [-0.2, -0.15) is 0 Å². The minimum absolute atomic E-state index is 0.414. The molecular weight excluding hydrogens is 188 g/mol. The van der Waals surface area contributed by atoms with Crippen molar-refractivity contribution in [2.24, 2.45) is 11.7 Å². The first-order valence-corrected chi connectivity index (χ1v) is 5.45. The number of nitrogens with zero attached hydrogens (tertiary/aromatic N) is 2. The Bertz CT molecular complexity index is 324. The maximum atomic E-state index is 5.73. The monoisotopic (exact) mass is 206 g/mol. The summed E-state index contributed by atoms with van der Waals surface area (Å²) in [6, 6.07) is 2.39. The lowest BCUT2D eigenvalue weighted by Gasteiger charge is -2.32. The van der Waals surface area contributed by atoms with Crippen molar-refractivity contribution in [3.05, 3.63) is 17.5 Å². The third-order valence-electron chi connectivity index (χ3n) is 2.80. The summed E-state index contributed by atoms with van der Waals surface area (Å²) in [7, 11) is 0. The van der Waals surface area contributed by atoms with E-state index in [0.29, 0.717) is 12.0 Å². The van der Waals surface area contributed by atoms with Crippen LogP contribution in [0.15, 0.2) is 6.07 Å². The van der Waals surface area contributed by atoms with Gasteiger partial charge in [-0.05, 0) is 38.7 Å². The van der Waals surface area contributed by atoms with Crippen LogP contribution in [0.5, 0.6) is 0 Å². The predicted molar refractivity (Wildman–Crippen MR) is 60.7 cm³/mol. The van der Waals surface area contributed by atoms with Crippen LogP contribution in [0.1, 0.15) is 24.2 Å². The van der Waals surface area contributed by atoms with Gasteiger partial charge in [-0.25, -0.2) is 9.97 Å². The maximum absolute atomic E-state index is 5.73. The molecule has 1 aliphatic carbocycles. The summed E-state index contributed by atoms with van der Waals surface area (Å²) in [6.45, 7) is 4.91. The molecule has 1 saturated carbocycles. The molecule has 4 nitrogen and oxygen atoms in total. The number of aromatic nitrogens is 2. The van der Waals surface area contributed by atoms with Crippen molar-refractivity contribution >= 4 is 5.95 Å². The molecule has 1 aliphatic rings. The summed E-state index contributed by atoms with van der Waals surface area (Å²) in [6.07, 6.45) is 2.25. The van der Waals surface area contributed by atoms with E-state index in [4.69, 9.17) is 5.73 Å². The Kier molecular flexibility index (Phi) is 2.86. The Labute approximate surface area is 90.3 Å². The second-order valence-corrected chi connectivity index (χ2v) is 4.45. The third-order valence-corrected chi connectivity index (χ3v) is 2.80. The molecule has 1 fully saturated rings. The normalized spacial score (nSPS) is 24.7. The first-order chi connectivity index (χ1) is 7.13. The molecule has 1 heterocycles. The molecule has 0 radical (unpaired) electrons. The van der Waals surface area contributed by atoms with Gasteiger partial charge in [0.2, 0.25) is 5.95 Å². The van der Waals surface area contributed by atoms with Crippen LogP contribution in [-0.2, 0) is 0 Å². The molecule has 3 N–H and O–H groups in total. The molecule has 0 aromatic carbocycles. The molecule has 82 valence electrons. The molecule has 4 heteroatoms. The Morgan fingerprint density at radius 2 is 1.93 bits per heavy atom. The summed E-state index contributed by atoms with van der Waals surface area (Å²) < 4.78 is 0. The molecule has 0 saturated heterocycles. The van der Waals surface area contributed by atoms with Gasteiger partial charge in [0.15, 0.2) is 0 Å². The van der Waals surface area contributed by atoms with E-state index in [2.05, 4.69) is 15.3 Å². The Balaban J connectivity index is 1.88. The summed E-state index contributed by atoms with van der Waals surface area (Å²) in [5.74, 6) is 1.44. The van der Waals surface area contributed by atoms with Crippen LogP contribution in [0.25, 0.3) is 0 Å². The number of hydrogen-bond acceptors (Lipinski definition) is 4. The molecule has 0 bridgehead atoms. The topological polar surface area (TPSA) is 63.8 Å². The smallest absolute Gasteiger partial charge is 0.223 e. The maximum Gasteiger partial charge on any atom is 0.223 e. The Hall–Kier alpha value is -1.16. The largest absolute Gasteiger partial charge is 0.354 e. The lowest BCUT2D eigenvalue weighted by Crippen LogP contribution is -2.39. The second-order valence-electron chi connectivity index (χ2n) is 4.45. The van der Waals surface area contributed by atoms with Gasteiger partial charge in [0, 0.05) is 24.0 Å². The van der Waals surface area contributed by atoms with Crippen molar-refractivity contribution < 1.29 is 0 Å². The van der Waals surface area contributed by atoms with Crippen molar-refractivity contribution in [2.45, 2.75) is 32.7 Å². The number of anilines is 1. The molecule has 0 amide bonds. The molecule has 0 spiro atoms. The number of aryl methyl sites for hydroxylation is 2. The quantitative estimate of drug-likeness (QED) is 0.781. The SMILES string of the molecule is Cc1cc(C)nc(NCC2CC(N)C2)n1. The van der Waals surface area contributed by atoms with E-state index >= 15 is 0 Å². The van der Waals surface area contributed by atoms with Crippen LogP contribution in [0, 0.1) is 19.8 Å². The summed E-state index contributed by atoms with van der Waals surface area (Å²) in [4.78, 5) is 8.66. The van der Waals surface area contributed by atoms with Gasteiger partial charge >= 0.3 is 0 Å². The van der Waals surface area contributed by atoms with Crippen molar-refractivity contribution in [3.8, 4) is 0 Å². The fraction of sp³-hybridized carbons (Fsp3) is 0.636. The van der Waals surface area contributed by atoms with E-state index in [1.54, 1.807) is 0 Å². The zero-order valence-electron chi connectivity index (χ0n) is 9.33. The fourth-order valence-electron chi connectivity index (χ4n) is 1.99. The second kappa shape index (κ2) is 4.14. The van der Waals surface area contributed by atoms with Crippen LogP contribution in [-0.4, -0.2) is 22.6 Å². The summed E-state index contributed by atoms with van der Waals surface area (Å²) >= 11 is 0. The first-order valence-electron chi connectivity index (χ1n) is 5.45. The van der Waals surface area contributed by atoms with E-state index in [1.165, 1.54) is 0 Å². The first kappa shape index (κ1) is 10.4. The highest BCUT2D eigenvalue weighted by Crippen LogP contribution is 2.25. The van der Waals surface area contributed by atoms with E-state index in [-0.39, 0.29) is 0 Å². The van der Waals surface area contributed by atoms with Crippen molar-refractivity contribution in [1.82, 2.24) is 9.97 Å². The molecule has 2 rings (SSSR count). The Morgan fingerprint density at radius 3 is 2.47 bits per heavy atom. The van der Waals surface area contributed by atoms with Crippen molar-refractivity contribution in [3.63, 3.8) is 0 Å². The number of hydrogen-bond donors (Lipinski definition) is 2. The molecule has 0 aliphatic heterocycles. The summed E-state index contributed by atoms with van der Waals surface area (Å²) in [5, 5.41) is 3.27. The third kappa shape index (κ3) is 2.65. The van der Waals surface area contributed by atoms with Gasteiger partial charge in [-0.1, -0.05) is 0 Å². The van der Waals surface area contributed by atoms with Gasteiger partial charge in [0.05, 0.1) is 0 Å². The molecule has 15 heavy (non-hydrogen) atoms. The van der Waals surface area contributed by atoms with E-state index in [1.807, 2.05) is 19.9 Å². The van der Waals surface area contributed by atoms with Crippen molar-refractivity contribution in [2.75, 3.05) is 11.9 Å². The van der Waals surface area contributed by atoms with Crippen LogP contribution in [0.4, 0.5) is 5.95 Å². The highest BCUT2D eigenvalue weighted by atomic mass is 15.1. The average Bonchev–Trinajstić information content (AvgIpc) is 2.09. The fourth-order valence-corrected chi connectivity index (χ4v) is 1.99. The number of rotatable bonds is 3. The van der Waals surface area contributed by atoms with Crippen LogP contribution >= 0.6 is 0 Å². The lowest BCUT2D eigenvalue weighted by atomic mass is 9.81. The predicted octanol–water partition coefficient (Wildman–Crippen LogP) is 1.24. The summed E-state index contributed by atoms with van der Waals surface area (Å²) in [5.41, 5.74) is 7.75. The minimum atomic E-state index is 0.414. The minimum Gasteiger partial charge on any atom is -0.354 e. The van der Waals surface area contributed by atoms with Crippen molar-refractivity contribution in [1.29, 1.82) is 0 Å². The van der Waals surface area contributed by atoms with Gasteiger partial charge < -0.3 is 11.1 Å². The zero-order valence-corrected chi connectivity index (χ0v) is 9.33. The van der Waals surface area contributed by atoms with Gasteiger partial charge in [0.25, 0.3) is 0 Å². The van der Waals surface area contributed by atoms with E-state index in [9.17, 15) is 0 Å². The number of nitrogens with two attached hydrogens (primary N) is 1. The van der Waals surface area contributed by atoms with Crippen LogP contribution in [0.2, 0.25) is 0 Å². The highest BCUT2D eigenvalue weighted by Gasteiger charge is 2.25. The average molecular weight is 206 g/mol. The molecule has 1 aromatic rings. The van der Waals surface area contributed by atoms with Crippen LogP contribution < -0.4 is 11.1 Å². The molecule has 0 unspecified atom stereocenters. The Morgan fingerprint density at radius 1 is 1.33 bits per heavy atom.